The number of nitrogens with zero attached hydrogens (tertiary/aromatic N) is 1. The molecule has 0 radical (unpaired) electrons. The molecule has 2 aliphatic rings. The lowest BCUT2D eigenvalue weighted by Gasteiger charge is -2.32. The quantitative estimate of drug-likeness (QED) is 0.760. The summed E-state index contributed by atoms with van der Waals surface area (Å²) in [5, 5.41) is 1.88. The molecule has 0 saturated carbocycles. The van der Waals surface area contributed by atoms with E-state index >= 15 is 0 Å². The lowest BCUT2D eigenvalue weighted by molar-refractivity contribution is -0.119. The molecule has 26 heavy (non-hydrogen) atoms. The second-order valence-electron chi connectivity index (χ2n) is 6.66. The molecule has 2 saturated heterocycles. The number of carbonyl (C=O) groups excluding carboxylic acids is 2. The van der Waals surface area contributed by atoms with Gasteiger partial charge in [-0.3, -0.25) is 4.79 Å². The Labute approximate surface area is 154 Å². The summed E-state index contributed by atoms with van der Waals surface area (Å²) in [5.74, 6) is -2.33. The Kier molecular flexibility index (Phi) is 5.62. The Morgan fingerprint density at radius 3 is 2.85 bits per heavy atom. The smallest absolute Gasteiger partial charge is 0.318 e. The number of carbonyl (C=O) groups is 2. The Balaban J connectivity index is 1.93. The maximum absolute atomic E-state index is 14.6. The summed E-state index contributed by atoms with van der Waals surface area (Å²) < 4.78 is 33.7. The summed E-state index contributed by atoms with van der Waals surface area (Å²) in [6, 6.07) is 0.284. The Bertz CT molecular complexity index is 713. The molecule has 1 aromatic rings. The molecule has 0 aliphatic carbocycles. The molecule has 2 fully saturated rings. The summed E-state index contributed by atoms with van der Waals surface area (Å²) in [7, 11) is 0. The number of primary amides is 1. The van der Waals surface area contributed by atoms with Crippen molar-refractivity contribution in [2.45, 2.75) is 31.3 Å². The molecule has 9 heteroatoms. The average molecular weight is 388 g/mol. The lowest BCUT2D eigenvalue weighted by Crippen LogP contribution is -2.39. The van der Waals surface area contributed by atoms with Crippen LogP contribution in [0.3, 0.4) is 0 Å². The van der Waals surface area contributed by atoms with Crippen LogP contribution in [0.25, 0.3) is 0 Å². The first-order valence-corrected chi connectivity index (χ1v) is 8.84. The molecule has 1 aromatic carbocycles. The maximum atomic E-state index is 14.6. The number of nitrogens with two attached hydrogens (primary N) is 1. The van der Waals surface area contributed by atoms with Gasteiger partial charge in [0, 0.05) is 18.8 Å². The first-order chi connectivity index (χ1) is 12.4. The van der Waals surface area contributed by atoms with Crippen molar-refractivity contribution in [1.82, 2.24) is 10.2 Å². The van der Waals surface area contributed by atoms with Gasteiger partial charge in [-0.05, 0) is 31.2 Å². The highest BCUT2D eigenvalue weighted by atomic mass is 35.5. The van der Waals surface area contributed by atoms with Gasteiger partial charge in [0.1, 0.15) is 22.7 Å². The highest BCUT2D eigenvalue weighted by molar-refractivity contribution is 6.31. The monoisotopic (exact) mass is 387 g/mol. The van der Waals surface area contributed by atoms with Crippen molar-refractivity contribution in [1.29, 1.82) is 0 Å². The summed E-state index contributed by atoms with van der Waals surface area (Å²) >= 11 is 5.72. The van der Waals surface area contributed by atoms with Crippen molar-refractivity contribution in [3.05, 3.63) is 34.4 Å². The molecule has 0 aromatic heterocycles. The van der Waals surface area contributed by atoms with E-state index in [-0.39, 0.29) is 18.0 Å². The first kappa shape index (κ1) is 18.8. The zero-order valence-electron chi connectivity index (χ0n) is 14.0. The van der Waals surface area contributed by atoms with Crippen LogP contribution in [0.1, 0.15) is 30.9 Å². The molecule has 3 rings (SSSR count). The number of hydrogen-bond donors (Lipinski definition) is 2. The van der Waals surface area contributed by atoms with E-state index < -0.39 is 40.7 Å². The SMILES string of the molecule is NC(=O)C1CN([C@H](C[C@H]2CCCOC2)c2ccc(F)c(Cl)c2F)C(=O)N1. The predicted octanol–water partition coefficient (Wildman–Crippen LogP) is 2.36. The normalized spacial score (nSPS) is 24.4. The molecule has 3 amide bonds. The van der Waals surface area contributed by atoms with E-state index in [1.165, 1.54) is 11.0 Å². The maximum Gasteiger partial charge on any atom is 0.318 e. The van der Waals surface area contributed by atoms with Crippen LogP contribution >= 0.6 is 11.6 Å². The van der Waals surface area contributed by atoms with Crippen LogP contribution in [-0.4, -0.2) is 42.6 Å². The van der Waals surface area contributed by atoms with Gasteiger partial charge >= 0.3 is 6.03 Å². The van der Waals surface area contributed by atoms with E-state index in [0.29, 0.717) is 19.6 Å². The summed E-state index contributed by atoms with van der Waals surface area (Å²) in [4.78, 5) is 25.1. The molecular formula is C17H20ClF2N3O3. The van der Waals surface area contributed by atoms with Crippen molar-refractivity contribution in [2.75, 3.05) is 19.8 Å². The van der Waals surface area contributed by atoms with Crippen LogP contribution in [0.4, 0.5) is 13.6 Å². The number of urea groups is 1. The molecular weight excluding hydrogens is 368 g/mol. The van der Waals surface area contributed by atoms with E-state index in [0.717, 1.165) is 18.9 Å². The van der Waals surface area contributed by atoms with Crippen LogP contribution in [0.15, 0.2) is 12.1 Å². The second-order valence-corrected chi connectivity index (χ2v) is 7.03. The second kappa shape index (κ2) is 7.75. The molecule has 6 nitrogen and oxygen atoms in total. The van der Waals surface area contributed by atoms with Gasteiger partial charge in [-0.2, -0.15) is 0 Å². The van der Waals surface area contributed by atoms with Gasteiger partial charge in [0.25, 0.3) is 0 Å². The number of amides is 3. The zero-order chi connectivity index (χ0) is 18.8. The van der Waals surface area contributed by atoms with Crippen LogP contribution in [0.5, 0.6) is 0 Å². The van der Waals surface area contributed by atoms with Gasteiger partial charge in [0.2, 0.25) is 5.91 Å². The van der Waals surface area contributed by atoms with Gasteiger partial charge in [-0.15, -0.1) is 0 Å². The van der Waals surface area contributed by atoms with Crippen LogP contribution in [0.2, 0.25) is 5.02 Å². The summed E-state index contributed by atoms with van der Waals surface area (Å²) in [6.07, 6.45) is 2.17. The largest absolute Gasteiger partial charge is 0.381 e. The lowest BCUT2D eigenvalue weighted by atomic mass is 9.89. The van der Waals surface area contributed by atoms with Gasteiger partial charge in [0.05, 0.1) is 12.6 Å². The minimum atomic E-state index is -0.899. The third-order valence-corrected chi connectivity index (χ3v) is 5.24. The molecule has 0 spiro atoms. The van der Waals surface area contributed by atoms with E-state index in [4.69, 9.17) is 22.1 Å². The third kappa shape index (κ3) is 3.76. The number of halogens is 3. The van der Waals surface area contributed by atoms with E-state index in [1.54, 1.807) is 0 Å². The molecule has 1 unspecified atom stereocenters. The third-order valence-electron chi connectivity index (χ3n) is 4.89. The number of nitrogens with one attached hydrogen (secondary N) is 1. The molecule has 0 bridgehead atoms. The topological polar surface area (TPSA) is 84.7 Å². The van der Waals surface area contributed by atoms with Crippen molar-refractivity contribution in [3.8, 4) is 0 Å². The summed E-state index contributed by atoms with van der Waals surface area (Å²) in [6.45, 7) is 1.19. The standard InChI is InChI=1S/C17H20ClF2N3O3/c18-14-11(19)4-3-10(15(14)20)13(6-9-2-1-5-26-8-9)23-7-12(16(21)24)22-17(23)25/h3-4,9,12-13H,1-2,5-8H2,(H2,21,24)(H,22,25)/t9-,12?,13-/m1/s1. The molecule has 142 valence electrons. The number of rotatable bonds is 5. The highest BCUT2D eigenvalue weighted by Gasteiger charge is 2.39. The fraction of sp³-hybridized carbons (Fsp3) is 0.529. The van der Waals surface area contributed by atoms with E-state index in [1.807, 2.05) is 0 Å². The highest BCUT2D eigenvalue weighted by Crippen LogP contribution is 2.36. The Morgan fingerprint density at radius 2 is 2.23 bits per heavy atom. The molecule has 3 atom stereocenters. The van der Waals surface area contributed by atoms with Crippen molar-refractivity contribution >= 4 is 23.5 Å². The molecule has 2 aliphatic heterocycles. The van der Waals surface area contributed by atoms with Gasteiger partial charge in [0.15, 0.2) is 0 Å². The van der Waals surface area contributed by atoms with Gasteiger partial charge in [-0.25, -0.2) is 13.6 Å². The summed E-state index contributed by atoms with van der Waals surface area (Å²) in [5.41, 5.74) is 5.39. The van der Waals surface area contributed by atoms with Gasteiger partial charge < -0.3 is 20.7 Å². The fourth-order valence-electron chi connectivity index (χ4n) is 3.52. The minimum absolute atomic E-state index is 0.0147. The van der Waals surface area contributed by atoms with Crippen LogP contribution in [0, 0.1) is 17.6 Å². The van der Waals surface area contributed by atoms with Crippen molar-refractivity contribution in [3.63, 3.8) is 0 Å². The van der Waals surface area contributed by atoms with E-state index in [9.17, 15) is 18.4 Å². The van der Waals surface area contributed by atoms with Crippen LogP contribution < -0.4 is 11.1 Å². The number of benzene rings is 1. The zero-order valence-corrected chi connectivity index (χ0v) is 14.8. The first-order valence-electron chi connectivity index (χ1n) is 8.46. The Hall–Kier alpha value is -1.93. The predicted molar refractivity (Wildman–Crippen MR) is 90.5 cm³/mol. The van der Waals surface area contributed by atoms with Gasteiger partial charge in [-0.1, -0.05) is 17.7 Å². The fourth-order valence-corrected chi connectivity index (χ4v) is 3.69. The minimum Gasteiger partial charge on any atom is -0.381 e. The Morgan fingerprint density at radius 1 is 1.46 bits per heavy atom. The van der Waals surface area contributed by atoms with E-state index in [2.05, 4.69) is 5.32 Å². The number of ether oxygens (including phenoxy) is 1. The number of hydrogen-bond acceptors (Lipinski definition) is 3. The molecule has 2 heterocycles. The van der Waals surface area contributed by atoms with Crippen molar-refractivity contribution in [2.24, 2.45) is 11.7 Å². The average Bonchev–Trinajstić information content (AvgIpc) is 3.01. The van der Waals surface area contributed by atoms with Crippen molar-refractivity contribution < 1.29 is 23.1 Å². The molecule has 3 N–H and O–H groups in total. The van der Waals surface area contributed by atoms with Crippen LogP contribution in [-0.2, 0) is 9.53 Å².